The van der Waals surface area contributed by atoms with Crippen molar-refractivity contribution in [1.82, 2.24) is 15.2 Å². The second-order valence-electron chi connectivity index (χ2n) is 6.53. The first-order chi connectivity index (χ1) is 14.6. The van der Waals surface area contributed by atoms with Crippen molar-refractivity contribution in [3.8, 4) is 5.75 Å². The van der Waals surface area contributed by atoms with Gasteiger partial charge in [-0.25, -0.2) is 4.98 Å². The SMILES string of the molecule is COCCCNC(=O)c1coc(CN(CCCOC)C(=O)c2cccc(OC)c2)n1. The molecule has 0 radical (unpaired) electrons. The van der Waals surface area contributed by atoms with Gasteiger partial charge >= 0.3 is 0 Å². The van der Waals surface area contributed by atoms with Crippen LogP contribution in [0, 0.1) is 0 Å². The highest BCUT2D eigenvalue weighted by atomic mass is 16.5. The van der Waals surface area contributed by atoms with Gasteiger partial charge < -0.3 is 28.8 Å². The number of hydrogen-bond donors (Lipinski definition) is 1. The van der Waals surface area contributed by atoms with Gasteiger partial charge in [-0.3, -0.25) is 9.59 Å². The van der Waals surface area contributed by atoms with Crippen LogP contribution in [0.4, 0.5) is 0 Å². The Bertz CT molecular complexity index is 808. The van der Waals surface area contributed by atoms with Crippen molar-refractivity contribution in [3.05, 3.63) is 47.7 Å². The van der Waals surface area contributed by atoms with Crippen molar-refractivity contribution < 1.29 is 28.2 Å². The molecule has 0 saturated carbocycles. The summed E-state index contributed by atoms with van der Waals surface area (Å²) < 4.78 is 20.7. The standard InChI is InChI=1S/C21H29N3O6/c1-27-11-5-9-22-20(25)18-15-30-19(23-18)14-24(10-6-12-28-2)21(26)16-7-4-8-17(13-16)29-3/h4,7-8,13,15H,5-6,9-12,14H2,1-3H3,(H,22,25). The largest absolute Gasteiger partial charge is 0.497 e. The molecule has 9 heteroatoms. The molecule has 1 aromatic heterocycles. The Morgan fingerprint density at radius 1 is 1.13 bits per heavy atom. The molecule has 1 heterocycles. The molecule has 0 aliphatic heterocycles. The van der Waals surface area contributed by atoms with Crippen LogP contribution < -0.4 is 10.1 Å². The van der Waals surface area contributed by atoms with Crippen LogP contribution >= 0.6 is 0 Å². The number of amides is 2. The van der Waals surface area contributed by atoms with E-state index in [1.165, 1.54) is 6.26 Å². The summed E-state index contributed by atoms with van der Waals surface area (Å²) in [6.07, 6.45) is 2.65. The lowest BCUT2D eigenvalue weighted by Gasteiger charge is -2.21. The van der Waals surface area contributed by atoms with E-state index in [0.29, 0.717) is 50.5 Å². The van der Waals surface area contributed by atoms with Crippen LogP contribution in [0.25, 0.3) is 0 Å². The van der Waals surface area contributed by atoms with Crippen molar-refractivity contribution in [1.29, 1.82) is 0 Å². The van der Waals surface area contributed by atoms with Crippen LogP contribution in [0.2, 0.25) is 0 Å². The van der Waals surface area contributed by atoms with Crippen molar-refractivity contribution in [2.45, 2.75) is 19.4 Å². The summed E-state index contributed by atoms with van der Waals surface area (Å²) in [7, 11) is 4.77. The van der Waals surface area contributed by atoms with Gasteiger partial charge in [0.2, 0.25) is 5.89 Å². The molecule has 30 heavy (non-hydrogen) atoms. The average molecular weight is 419 g/mol. The van der Waals surface area contributed by atoms with E-state index in [4.69, 9.17) is 18.6 Å². The predicted molar refractivity (Wildman–Crippen MR) is 110 cm³/mol. The lowest BCUT2D eigenvalue weighted by Crippen LogP contribution is -2.32. The first-order valence-electron chi connectivity index (χ1n) is 9.72. The molecule has 0 bridgehead atoms. The number of ether oxygens (including phenoxy) is 3. The number of hydrogen-bond acceptors (Lipinski definition) is 7. The molecule has 0 fully saturated rings. The molecule has 2 amide bonds. The molecule has 0 atom stereocenters. The molecule has 9 nitrogen and oxygen atoms in total. The topological polar surface area (TPSA) is 103 Å². The van der Waals surface area contributed by atoms with E-state index in [1.807, 2.05) is 0 Å². The molecule has 0 spiro atoms. The van der Waals surface area contributed by atoms with Gasteiger partial charge in [-0.2, -0.15) is 0 Å². The Balaban J connectivity index is 2.06. The van der Waals surface area contributed by atoms with E-state index in [0.717, 1.165) is 0 Å². The molecule has 1 N–H and O–H groups in total. The highest BCUT2D eigenvalue weighted by molar-refractivity contribution is 5.94. The smallest absolute Gasteiger partial charge is 0.273 e. The summed E-state index contributed by atoms with van der Waals surface area (Å²) in [6, 6.07) is 6.94. The Labute approximate surface area is 176 Å². The summed E-state index contributed by atoms with van der Waals surface area (Å²) in [6.45, 7) is 2.14. The fourth-order valence-electron chi connectivity index (χ4n) is 2.75. The van der Waals surface area contributed by atoms with Gasteiger partial charge in [0.15, 0.2) is 5.69 Å². The Hall–Kier alpha value is -2.91. The van der Waals surface area contributed by atoms with E-state index < -0.39 is 0 Å². The van der Waals surface area contributed by atoms with E-state index in [2.05, 4.69) is 10.3 Å². The van der Waals surface area contributed by atoms with E-state index >= 15 is 0 Å². The van der Waals surface area contributed by atoms with Crippen molar-refractivity contribution in [2.75, 3.05) is 47.6 Å². The maximum atomic E-state index is 13.0. The maximum Gasteiger partial charge on any atom is 0.273 e. The zero-order valence-electron chi connectivity index (χ0n) is 17.7. The number of rotatable bonds is 13. The fraction of sp³-hybridized carbons (Fsp3) is 0.476. The van der Waals surface area contributed by atoms with Crippen molar-refractivity contribution >= 4 is 11.8 Å². The van der Waals surface area contributed by atoms with Crippen LogP contribution in [-0.2, 0) is 16.0 Å². The summed E-state index contributed by atoms with van der Waals surface area (Å²) in [5.41, 5.74) is 0.669. The molecule has 0 unspecified atom stereocenters. The minimum Gasteiger partial charge on any atom is -0.497 e. The highest BCUT2D eigenvalue weighted by Gasteiger charge is 2.20. The molecule has 0 aliphatic rings. The monoisotopic (exact) mass is 419 g/mol. The molecule has 2 aromatic rings. The van der Waals surface area contributed by atoms with Crippen LogP contribution in [-0.4, -0.2) is 69.3 Å². The third-order valence-electron chi connectivity index (χ3n) is 4.30. The summed E-state index contributed by atoms with van der Waals surface area (Å²) in [5.74, 6) is 0.367. The number of carbonyl (C=O) groups is 2. The number of nitrogens with zero attached hydrogens (tertiary/aromatic N) is 2. The summed E-state index contributed by atoms with van der Waals surface area (Å²) >= 11 is 0. The predicted octanol–water partition coefficient (Wildman–Crippen LogP) is 2.13. The third-order valence-corrected chi connectivity index (χ3v) is 4.30. The quantitative estimate of drug-likeness (QED) is 0.496. The van der Waals surface area contributed by atoms with Gasteiger partial charge in [-0.15, -0.1) is 0 Å². The fourth-order valence-corrected chi connectivity index (χ4v) is 2.75. The number of oxazole rings is 1. The molecule has 0 saturated heterocycles. The van der Waals surface area contributed by atoms with Gasteiger partial charge in [-0.1, -0.05) is 6.07 Å². The van der Waals surface area contributed by atoms with Gasteiger partial charge in [0.25, 0.3) is 11.8 Å². The van der Waals surface area contributed by atoms with E-state index in [1.54, 1.807) is 50.5 Å². The number of methoxy groups -OCH3 is 3. The van der Waals surface area contributed by atoms with Crippen LogP contribution in [0.5, 0.6) is 5.75 Å². The lowest BCUT2D eigenvalue weighted by molar-refractivity contribution is 0.0707. The van der Waals surface area contributed by atoms with Gasteiger partial charge in [0.05, 0.1) is 13.7 Å². The number of nitrogens with one attached hydrogen (secondary N) is 1. The highest BCUT2D eigenvalue weighted by Crippen LogP contribution is 2.16. The van der Waals surface area contributed by atoms with Crippen molar-refractivity contribution in [2.24, 2.45) is 0 Å². The molecule has 0 aliphatic carbocycles. The van der Waals surface area contributed by atoms with Gasteiger partial charge in [0, 0.05) is 46.1 Å². The Kier molecular flexibility index (Phi) is 9.82. The summed E-state index contributed by atoms with van der Waals surface area (Å²) in [5, 5.41) is 2.75. The summed E-state index contributed by atoms with van der Waals surface area (Å²) in [4.78, 5) is 31.0. The first-order valence-corrected chi connectivity index (χ1v) is 9.72. The number of aromatic nitrogens is 1. The number of benzene rings is 1. The zero-order valence-corrected chi connectivity index (χ0v) is 17.7. The molecule has 2 rings (SSSR count). The maximum absolute atomic E-state index is 13.0. The van der Waals surface area contributed by atoms with Gasteiger partial charge in [0.1, 0.15) is 12.0 Å². The van der Waals surface area contributed by atoms with Crippen LogP contribution in [0.15, 0.2) is 34.9 Å². The minimum atomic E-state index is -0.328. The normalized spacial score (nSPS) is 10.6. The van der Waals surface area contributed by atoms with Gasteiger partial charge in [-0.05, 0) is 31.0 Å². The van der Waals surface area contributed by atoms with Crippen LogP contribution in [0.1, 0.15) is 39.6 Å². The minimum absolute atomic E-state index is 0.136. The van der Waals surface area contributed by atoms with Crippen LogP contribution in [0.3, 0.4) is 0 Å². The average Bonchev–Trinajstić information content (AvgIpc) is 3.24. The first kappa shape index (κ1) is 23.4. The molecular formula is C21H29N3O6. The molecule has 164 valence electrons. The number of carbonyl (C=O) groups excluding carboxylic acids is 2. The van der Waals surface area contributed by atoms with E-state index in [9.17, 15) is 9.59 Å². The second kappa shape index (κ2) is 12.6. The zero-order chi connectivity index (χ0) is 21.8. The van der Waals surface area contributed by atoms with E-state index in [-0.39, 0.29) is 29.9 Å². The molecule has 1 aromatic carbocycles. The third kappa shape index (κ3) is 7.16. The Morgan fingerprint density at radius 3 is 2.63 bits per heavy atom. The Morgan fingerprint density at radius 2 is 1.90 bits per heavy atom. The molecular weight excluding hydrogens is 390 g/mol. The second-order valence-corrected chi connectivity index (χ2v) is 6.53. The lowest BCUT2D eigenvalue weighted by atomic mass is 10.2. The van der Waals surface area contributed by atoms with Crippen molar-refractivity contribution in [3.63, 3.8) is 0 Å².